The van der Waals surface area contributed by atoms with Crippen molar-refractivity contribution in [3.8, 4) is 0 Å². The number of rotatable bonds is 3. The molecule has 1 aromatic rings. The summed E-state index contributed by atoms with van der Waals surface area (Å²) in [6.45, 7) is 6.85. The van der Waals surface area contributed by atoms with E-state index in [1.807, 2.05) is 27.0 Å². The first kappa shape index (κ1) is 17.1. The zero-order valence-corrected chi connectivity index (χ0v) is 14.8. The number of thioether (sulfide) groups is 1. The van der Waals surface area contributed by atoms with Crippen molar-refractivity contribution in [1.29, 1.82) is 0 Å². The molecule has 0 aromatic carbocycles. The molecule has 1 aromatic heterocycles. The lowest BCUT2D eigenvalue weighted by Gasteiger charge is -2.24. The van der Waals surface area contributed by atoms with Gasteiger partial charge in [-0.3, -0.25) is 0 Å². The maximum Gasteiger partial charge on any atom is 0.410 e. The SMILES string of the molecule is CSc1nc(Cl)cc(NC2CCN(C(=O)OC(C)(C)C)C2)n1. The van der Waals surface area contributed by atoms with Gasteiger partial charge in [-0.1, -0.05) is 23.4 Å². The smallest absolute Gasteiger partial charge is 0.410 e. The molecule has 6 nitrogen and oxygen atoms in total. The molecule has 1 aliphatic heterocycles. The van der Waals surface area contributed by atoms with Gasteiger partial charge in [-0.25, -0.2) is 14.8 Å². The number of likely N-dealkylation sites (tertiary alicyclic amines) is 1. The van der Waals surface area contributed by atoms with Crippen LogP contribution >= 0.6 is 23.4 Å². The van der Waals surface area contributed by atoms with Crippen LogP contribution in [0.4, 0.5) is 10.6 Å². The van der Waals surface area contributed by atoms with Crippen LogP contribution in [0.5, 0.6) is 0 Å². The van der Waals surface area contributed by atoms with Crippen LogP contribution in [0.3, 0.4) is 0 Å². The normalized spacial score (nSPS) is 18.4. The van der Waals surface area contributed by atoms with Crippen LogP contribution in [0.15, 0.2) is 11.2 Å². The van der Waals surface area contributed by atoms with Crippen molar-refractivity contribution < 1.29 is 9.53 Å². The van der Waals surface area contributed by atoms with Crippen LogP contribution in [0.1, 0.15) is 27.2 Å². The number of aromatic nitrogens is 2. The molecule has 0 radical (unpaired) electrons. The summed E-state index contributed by atoms with van der Waals surface area (Å²) >= 11 is 7.41. The van der Waals surface area contributed by atoms with Crippen LogP contribution in [-0.4, -0.2) is 51.9 Å². The molecular weight excluding hydrogens is 324 g/mol. The molecule has 1 unspecified atom stereocenters. The lowest BCUT2D eigenvalue weighted by atomic mass is 10.2. The standard InChI is InChI=1S/C14H21ClN4O2S/c1-14(2,3)21-13(20)19-6-5-9(8-19)16-11-7-10(15)17-12(18-11)22-4/h7,9H,5-6,8H2,1-4H3,(H,16,17,18). The van der Waals surface area contributed by atoms with Crippen molar-refractivity contribution in [3.05, 3.63) is 11.2 Å². The second-order valence-electron chi connectivity index (χ2n) is 6.12. The molecule has 0 saturated carbocycles. The number of nitrogens with one attached hydrogen (secondary N) is 1. The minimum atomic E-state index is -0.476. The molecule has 0 spiro atoms. The maximum atomic E-state index is 12.0. The highest BCUT2D eigenvalue weighted by Crippen LogP contribution is 2.21. The Hall–Kier alpha value is -1.21. The number of halogens is 1. The minimum absolute atomic E-state index is 0.133. The number of ether oxygens (including phenoxy) is 1. The number of hydrogen-bond donors (Lipinski definition) is 1. The zero-order chi connectivity index (χ0) is 16.3. The number of nitrogens with zero attached hydrogens (tertiary/aromatic N) is 3. The Morgan fingerprint density at radius 1 is 1.50 bits per heavy atom. The zero-order valence-electron chi connectivity index (χ0n) is 13.2. The Balaban J connectivity index is 1.94. The fraction of sp³-hybridized carbons (Fsp3) is 0.643. The Morgan fingerprint density at radius 3 is 2.86 bits per heavy atom. The van der Waals surface area contributed by atoms with Gasteiger partial charge in [-0.2, -0.15) is 0 Å². The first-order valence-electron chi connectivity index (χ1n) is 7.10. The van der Waals surface area contributed by atoms with Gasteiger partial charge in [0.2, 0.25) is 0 Å². The molecule has 122 valence electrons. The van der Waals surface area contributed by atoms with Gasteiger partial charge in [-0.05, 0) is 33.4 Å². The summed E-state index contributed by atoms with van der Waals surface area (Å²) in [6, 6.07) is 1.82. The van der Waals surface area contributed by atoms with Crippen LogP contribution in [0.2, 0.25) is 5.15 Å². The van der Waals surface area contributed by atoms with Crippen molar-refractivity contribution in [1.82, 2.24) is 14.9 Å². The van der Waals surface area contributed by atoms with Crippen LogP contribution in [0, 0.1) is 0 Å². The maximum absolute atomic E-state index is 12.0. The highest BCUT2D eigenvalue weighted by molar-refractivity contribution is 7.98. The van der Waals surface area contributed by atoms with E-state index >= 15 is 0 Å². The lowest BCUT2D eigenvalue weighted by molar-refractivity contribution is 0.0293. The van der Waals surface area contributed by atoms with Crippen LogP contribution < -0.4 is 5.32 Å². The first-order valence-corrected chi connectivity index (χ1v) is 8.70. The van der Waals surface area contributed by atoms with Gasteiger partial charge in [0.1, 0.15) is 16.6 Å². The van der Waals surface area contributed by atoms with Gasteiger partial charge in [0.25, 0.3) is 0 Å². The van der Waals surface area contributed by atoms with Crippen molar-refractivity contribution in [2.45, 2.75) is 44.0 Å². The summed E-state index contributed by atoms with van der Waals surface area (Å²) in [4.78, 5) is 22.2. The van der Waals surface area contributed by atoms with Crippen LogP contribution in [-0.2, 0) is 4.74 Å². The molecule has 1 N–H and O–H groups in total. The molecule has 1 saturated heterocycles. The molecule has 1 aliphatic rings. The summed E-state index contributed by atoms with van der Waals surface area (Å²) in [6.07, 6.45) is 2.47. The molecule has 0 aliphatic carbocycles. The van der Waals surface area contributed by atoms with Crippen molar-refractivity contribution in [2.24, 2.45) is 0 Å². The Kier molecular flexibility index (Phi) is 5.39. The third-order valence-electron chi connectivity index (χ3n) is 3.05. The van der Waals surface area contributed by atoms with Crippen LogP contribution in [0.25, 0.3) is 0 Å². The average molecular weight is 345 g/mol. The monoisotopic (exact) mass is 344 g/mol. The quantitative estimate of drug-likeness (QED) is 0.515. The molecule has 1 amide bonds. The summed E-state index contributed by atoms with van der Waals surface area (Å²) < 4.78 is 5.38. The molecule has 1 atom stereocenters. The van der Waals surface area contributed by atoms with Gasteiger partial charge in [-0.15, -0.1) is 0 Å². The molecule has 0 bridgehead atoms. The number of carbonyl (C=O) groups is 1. The molecule has 2 rings (SSSR count). The van der Waals surface area contributed by atoms with E-state index in [0.717, 1.165) is 6.42 Å². The molecule has 2 heterocycles. The topological polar surface area (TPSA) is 67.4 Å². The predicted molar refractivity (Wildman–Crippen MR) is 88.7 cm³/mol. The minimum Gasteiger partial charge on any atom is -0.444 e. The predicted octanol–water partition coefficient (Wildman–Crippen LogP) is 3.27. The Bertz CT molecular complexity index is 550. The average Bonchev–Trinajstić information content (AvgIpc) is 2.84. The number of carbonyl (C=O) groups excluding carboxylic acids is 1. The Labute approximate surface area is 140 Å². The van der Waals surface area contributed by atoms with Crippen molar-refractivity contribution in [3.63, 3.8) is 0 Å². The summed E-state index contributed by atoms with van der Waals surface area (Å²) in [5, 5.41) is 4.33. The van der Waals surface area contributed by atoms with E-state index in [2.05, 4.69) is 15.3 Å². The van der Waals surface area contributed by atoms with Gasteiger partial charge < -0.3 is 15.0 Å². The number of hydrogen-bond acceptors (Lipinski definition) is 6. The fourth-order valence-electron chi connectivity index (χ4n) is 2.14. The third kappa shape index (κ3) is 4.91. The highest BCUT2D eigenvalue weighted by Gasteiger charge is 2.29. The summed E-state index contributed by atoms with van der Waals surface area (Å²) in [5.41, 5.74) is -0.476. The summed E-state index contributed by atoms with van der Waals surface area (Å²) in [7, 11) is 0. The molecule has 22 heavy (non-hydrogen) atoms. The van der Waals surface area contributed by atoms with E-state index in [9.17, 15) is 4.79 Å². The second kappa shape index (κ2) is 6.91. The molecule has 8 heteroatoms. The number of anilines is 1. The van der Waals surface area contributed by atoms with E-state index in [1.165, 1.54) is 11.8 Å². The molecular formula is C14H21ClN4O2S. The van der Waals surface area contributed by atoms with Gasteiger partial charge in [0.05, 0.1) is 0 Å². The fourth-order valence-corrected chi connectivity index (χ4v) is 2.75. The Morgan fingerprint density at radius 2 is 2.23 bits per heavy atom. The van der Waals surface area contributed by atoms with E-state index in [0.29, 0.717) is 29.2 Å². The third-order valence-corrected chi connectivity index (χ3v) is 3.79. The van der Waals surface area contributed by atoms with E-state index in [-0.39, 0.29) is 12.1 Å². The van der Waals surface area contributed by atoms with Gasteiger partial charge >= 0.3 is 6.09 Å². The first-order chi connectivity index (χ1) is 10.3. The molecule has 1 fully saturated rings. The van der Waals surface area contributed by atoms with E-state index < -0.39 is 5.60 Å². The van der Waals surface area contributed by atoms with Crippen molar-refractivity contribution >= 4 is 35.3 Å². The second-order valence-corrected chi connectivity index (χ2v) is 7.28. The lowest BCUT2D eigenvalue weighted by Crippen LogP contribution is -2.36. The van der Waals surface area contributed by atoms with Gasteiger partial charge in [0, 0.05) is 25.2 Å². The van der Waals surface area contributed by atoms with E-state index in [1.54, 1.807) is 11.0 Å². The highest BCUT2D eigenvalue weighted by atomic mass is 35.5. The van der Waals surface area contributed by atoms with E-state index in [4.69, 9.17) is 16.3 Å². The summed E-state index contributed by atoms with van der Waals surface area (Å²) in [5.74, 6) is 0.681. The number of amides is 1. The largest absolute Gasteiger partial charge is 0.444 e. The van der Waals surface area contributed by atoms with Gasteiger partial charge in [0.15, 0.2) is 5.16 Å². The van der Waals surface area contributed by atoms with Crippen molar-refractivity contribution in [2.75, 3.05) is 24.7 Å².